The Labute approximate surface area is 203 Å². The molecule has 1 aliphatic heterocycles. The lowest BCUT2D eigenvalue weighted by Crippen LogP contribution is -2.52. The predicted molar refractivity (Wildman–Crippen MR) is 134 cm³/mol. The van der Waals surface area contributed by atoms with Crippen LogP contribution >= 0.6 is 11.6 Å². The van der Waals surface area contributed by atoms with Crippen molar-refractivity contribution in [2.45, 2.75) is 30.7 Å². The zero-order valence-corrected chi connectivity index (χ0v) is 20.2. The molecular formula is C25H22BClN2O4S. The van der Waals surface area contributed by atoms with Crippen molar-refractivity contribution >= 4 is 51.0 Å². The highest BCUT2D eigenvalue weighted by Gasteiger charge is 2.55. The summed E-state index contributed by atoms with van der Waals surface area (Å²) >= 11 is 6.04. The van der Waals surface area contributed by atoms with Gasteiger partial charge >= 0.3 is 13.0 Å². The Balaban J connectivity index is 1.63. The molecule has 2 heterocycles. The minimum absolute atomic E-state index is 0.101. The summed E-state index contributed by atoms with van der Waals surface area (Å²) in [6.45, 7) is 3.72. The third kappa shape index (κ3) is 3.92. The molecule has 9 heteroatoms. The second-order valence-electron chi connectivity index (χ2n) is 8.53. The molecule has 0 unspecified atom stereocenters. The highest BCUT2D eigenvalue weighted by molar-refractivity contribution is 7.90. The van der Waals surface area contributed by atoms with Crippen LogP contribution in [-0.2, 0) is 19.5 Å². The maximum Gasteiger partial charge on any atom is 0.502 e. The monoisotopic (exact) mass is 492 g/mol. The summed E-state index contributed by atoms with van der Waals surface area (Å²) in [5, 5.41) is 1.49. The van der Waals surface area contributed by atoms with E-state index in [1.807, 2.05) is 44.2 Å². The molecule has 6 nitrogen and oxygen atoms in total. The summed E-state index contributed by atoms with van der Waals surface area (Å²) < 4.78 is 34.7. The van der Waals surface area contributed by atoms with Gasteiger partial charge in [-0.3, -0.25) is 4.79 Å². The third-order valence-electron chi connectivity index (χ3n) is 6.24. The average molecular weight is 493 g/mol. The van der Waals surface area contributed by atoms with Crippen molar-refractivity contribution in [1.82, 2.24) is 9.20 Å². The lowest BCUT2D eigenvalue weighted by Gasteiger charge is -2.27. The van der Waals surface area contributed by atoms with Crippen LogP contribution in [0.3, 0.4) is 0 Å². The fourth-order valence-electron chi connectivity index (χ4n) is 4.37. The second-order valence-corrected chi connectivity index (χ2v) is 10.8. The summed E-state index contributed by atoms with van der Waals surface area (Å²) in [6, 6.07) is 21.9. The van der Waals surface area contributed by atoms with Gasteiger partial charge in [0.05, 0.1) is 4.90 Å². The molecular weight excluding hydrogens is 471 g/mol. The molecule has 34 heavy (non-hydrogen) atoms. The van der Waals surface area contributed by atoms with Gasteiger partial charge in [-0.05, 0) is 54.2 Å². The number of nitrogens with one attached hydrogen (secondary N) is 1. The molecule has 1 fully saturated rings. The van der Waals surface area contributed by atoms with Gasteiger partial charge in [-0.15, -0.1) is 0 Å². The van der Waals surface area contributed by atoms with Gasteiger partial charge in [0.2, 0.25) is 10.0 Å². The largest absolute Gasteiger partial charge is 0.514 e. The van der Waals surface area contributed by atoms with Crippen LogP contribution in [0.1, 0.15) is 24.1 Å². The highest BCUT2D eigenvalue weighted by Crippen LogP contribution is 2.35. The van der Waals surface area contributed by atoms with Gasteiger partial charge in [0, 0.05) is 22.2 Å². The summed E-state index contributed by atoms with van der Waals surface area (Å²) in [4.78, 5) is 16.7. The zero-order chi connectivity index (χ0) is 24.0. The minimum atomic E-state index is -4.09. The van der Waals surface area contributed by atoms with E-state index in [0.29, 0.717) is 10.5 Å². The number of aromatic amines is 1. The first-order chi connectivity index (χ1) is 16.3. The SMILES string of the molecule is Cc1ccc(S(=O)(=O)N2B(c3ccc(Cl)cc3)OC(=O)[C@@H]2[C@H](C)c2cc3ccccc3[nH]2)cc1. The number of halogens is 1. The quantitative estimate of drug-likeness (QED) is 0.423. The third-order valence-corrected chi connectivity index (χ3v) is 8.33. The molecule has 1 N–H and O–H groups in total. The van der Waals surface area contributed by atoms with E-state index in [-0.39, 0.29) is 4.90 Å². The number of rotatable bonds is 5. The Hall–Kier alpha value is -3.07. The fraction of sp³-hybridized carbons (Fsp3) is 0.160. The second kappa shape index (κ2) is 8.62. The Kier molecular flexibility index (Phi) is 5.76. The predicted octanol–water partition coefficient (Wildman–Crippen LogP) is 4.24. The number of carbonyl (C=O) groups is 1. The summed E-state index contributed by atoms with van der Waals surface area (Å²) in [7, 11) is -5.19. The number of H-pyrrole nitrogens is 1. The van der Waals surface area contributed by atoms with Crippen molar-refractivity contribution in [3.63, 3.8) is 0 Å². The molecule has 0 saturated carbocycles. The molecule has 0 radical (unpaired) electrons. The number of benzene rings is 3. The van der Waals surface area contributed by atoms with Crippen LogP contribution in [0.25, 0.3) is 10.9 Å². The van der Waals surface area contributed by atoms with Crippen molar-refractivity contribution in [2.24, 2.45) is 0 Å². The maximum atomic E-state index is 13.9. The number of hydrogen-bond acceptors (Lipinski definition) is 4. The summed E-state index contributed by atoms with van der Waals surface area (Å²) in [5.41, 5.74) is 3.13. The molecule has 1 saturated heterocycles. The first-order valence-electron chi connectivity index (χ1n) is 10.9. The van der Waals surface area contributed by atoms with Crippen molar-refractivity contribution in [3.8, 4) is 0 Å². The van der Waals surface area contributed by atoms with E-state index in [0.717, 1.165) is 22.2 Å². The van der Waals surface area contributed by atoms with Gasteiger partial charge in [-0.1, -0.05) is 66.6 Å². The van der Waals surface area contributed by atoms with Gasteiger partial charge in [0.1, 0.15) is 6.04 Å². The molecule has 4 aromatic rings. The topological polar surface area (TPSA) is 79.5 Å². The lowest BCUT2D eigenvalue weighted by atomic mass is 9.73. The maximum absolute atomic E-state index is 13.9. The number of para-hydroxylation sites is 1. The molecule has 0 aliphatic carbocycles. The Bertz CT molecular complexity index is 1440. The lowest BCUT2D eigenvalue weighted by molar-refractivity contribution is -0.135. The standard InChI is InChI=1S/C25H22BClN2O4S/c1-16-7-13-21(14-8-16)34(31,32)29-24(17(2)23-15-18-5-3-4-6-22(18)28-23)25(30)33-26(29)19-9-11-20(27)12-10-19/h3-15,17,24,28H,1-2H3/t17-,24+/m1/s1. The van der Waals surface area contributed by atoms with Crippen molar-refractivity contribution in [2.75, 3.05) is 0 Å². The summed E-state index contributed by atoms with van der Waals surface area (Å²) in [5.74, 6) is -1.08. The first-order valence-corrected chi connectivity index (χ1v) is 12.7. The fourth-order valence-corrected chi connectivity index (χ4v) is 6.20. The van der Waals surface area contributed by atoms with Crippen LogP contribution in [0.4, 0.5) is 0 Å². The van der Waals surface area contributed by atoms with E-state index in [1.165, 1.54) is 4.22 Å². The normalized spacial score (nSPS) is 17.8. The first kappa shape index (κ1) is 22.7. The van der Waals surface area contributed by atoms with E-state index >= 15 is 0 Å². The Morgan fingerprint density at radius 3 is 2.38 bits per heavy atom. The molecule has 0 bridgehead atoms. The van der Waals surface area contributed by atoms with Gasteiger partial charge in [-0.25, -0.2) is 8.42 Å². The molecule has 172 valence electrons. The molecule has 1 aliphatic rings. The average Bonchev–Trinajstić information content (AvgIpc) is 3.41. The van der Waals surface area contributed by atoms with Gasteiger partial charge in [0.15, 0.2) is 0 Å². The smallest absolute Gasteiger partial charge is 0.502 e. The van der Waals surface area contributed by atoms with Crippen LogP contribution in [0.15, 0.2) is 83.8 Å². The van der Waals surface area contributed by atoms with E-state index in [4.69, 9.17) is 16.3 Å². The summed E-state index contributed by atoms with van der Waals surface area (Å²) in [6.07, 6.45) is 0. The number of aryl methyl sites for hydroxylation is 1. The van der Waals surface area contributed by atoms with E-state index in [2.05, 4.69) is 4.98 Å². The molecule has 2 atom stereocenters. The molecule has 0 amide bonds. The molecule has 5 rings (SSSR count). The minimum Gasteiger partial charge on any atom is -0.514 e. The number of hydrogen-bond donors (Lipinski definition) is 1. The van der Waals surface area contributed by atoms with Crippen LogP contribution < -0.4 is 5.46 Å². The highest BCUT2D eigenvalue weighted by atomic mass is 35.5. The molecule has 1 aromatic heterocycles. The number of fused-ring (bicyclic) bond motifs is 1. The Morgan fingerprint density at radius 2 is 1.71 bits per heavy atom. The van der Waals surface area contributed by atoms with E-state index in [9.17, 15) is 13.2 Å². The van der Waals surface area contributed by atoms with Crippen LogP contribution in [0.2, 0.25) is 5.02 Å². The van der Waals surface area contributed by atoms with Crippen LogP contribution in [0.5, 0.6) is 0 Å². The number of sulfonamides is 1. The number of carbonyl (C=O) groups excluding carboxylic acids is 1. The van der Waals surface area contributed by atoms with Crippen LogP contribution in [-0.4, -0.2) is 36.7 Å². The van der Waals surface area contributed by atoms with Crippen LogP contribution in [0, 0.1) is 6.92 Å². The van der Waals surface area contributed by atoms with Crippen molar-refractivity contribution in [3.05, 3.63) is 95.1 Å². The van der Waals surface area contributed by atoms with E-state index < -0.39 is 35.0 Å². The Morgan fingerprint density at radius 1 is 1.03 bits per heavy atom. The van der Waals surface area contributed by atoms with Crippen molar-refractivity contribution in [1.29, 1.82) is 0 Å². The molecule has 3 aromatic carbocycles. The molecule has 0 spiro atoms. The van der Waals surface area contributed by atoms with E-state index in [1.54, 1.807) is 48.5 Å². The van der Waals surface area contributed by atoms with Gasteiger partial charge < -0.3 is 9.64 Å². The number of nitrogens with zero attached hydrogens (tertiary/aromatic N) is 1. The number of aromatic nitrogens is 1. The zero-order valence-electron chi connectivity index (χ0n) is 18.6. The van der Waals surface area contributed by atoms with Gasteiger partial charge in [0.25, 0.3) is 0 Å². The van der Waals surface area contributed by atoms with Crippen molar-refractivity contribution < 1.29 is 17.9 Å². The van der Waals surface area contributed by atoms with Gasteiger partial charge in [-0.2, -0.15) is 4.22 Å².